The van der Waals surface area contributed by atoms with Crippen LogP contribution in [0.5, 0.6) is 0 Å². The quantitative estimate of drug-likeness (QED) is 0.760. The molecule has 18 heavy (non-hydrogen) atoms. The Kier molecular flexibility index (Phi) is 2.57. The number of nitrogen functional groups attached to an aromatic ring is 1. The Bertz CT molecular complexity index is 657. The molecule has 3 aromatic rings. The van der Waals surface area contributed by atoms with Crippen LogP contribution in [-0.4, -0.2) is 5.16 Å². The Labute approximate surface area is 108 Å². The number of benzene rings is 1. The zero-order chi connectivity index (χ0) is 12.5. The van der Waals surface area contributed by atoms with Crippen molar-refractivity contribution in [1.29, 1.82) is 0 Å². The summed E-state index contributed by atoms with van der Waals surface area (Å²) in [5.74, 6) is 0.272. The molecule has 0 fully saturated rings. The van der Waals surface area contributed by atoms with Gasteiger partial charge in [-0.3, -0.25) is 0 Å². The molecule has 2 heterocycles. The maximum Gasteiger partial charge on any atom is 0.230 e. The fourth-order valence-electron chi connectivity index (χ4n) is 1.79. The van der Waals surface area contributed by atoms with Crippen LogP contribution < -0.4 is 5.73 Å². The van der Waals surface area contributed by atoms with Crippen LogP contribution in [0.25, 0.3) is 22.4 Å². The summed E-state index contributed by atoms with van der Waals surface area (Å²) in [4.78, 5) is 0. The third-order valence-electron chi connectivity index (χ3n) is 2.65. The Morgan fingerprint density at radius 3 is 2.50 bits per heavy atom. The molecule has 2 N–H and O–H groups in total. The number of rotatable bonds is 2. The van der Waals surface area contributed by atoms with E-state index in [9.17, 15) is 0 Å². The van der Waals surface area contributed by atoms with Crippen LogP contribution in [-0.2, 0) is 0 Å². The van der Waals surface area contributed by atoms with Crippen molar-refractivity contribution >= 4 is 17.5 Å². The Morgan fingerprint density at radius 2 is 1.83 bits per heavy atom. The summed E-state index contributed by atoms with van der Waals surface area (Å²) in [7, 11) is 0. The van der Waals surface area contributed by atoms with E-state index in [4.69, 9.17) is 26.3 Å². The molecule has 0 bridgehead atoms. The second-order valence-corrected chi connectivity index (χ2v) is 4.23. The molecule has 0 aliphatic heterocycles. The summed E-state index contributed by atoms with van der Waals surface area (Å²) >= 11 is 5.87. The van der Waals surface area contributed by atoms with Gasteiger partial charge in [0, 0.05) is 10.6 Å². The predicted molar refractivity (Wildman–Crippen MR) is 69.1 cm³/mol. The van der Waals surface area contributed by atoms with Gasteiger partial charge in [-0.05, 0) is 23.8 Å². The van der Waals surface area contributed by atoms with E-state index in [1.807, 2.05) is 12.1 Å². The van der Waals surface area contributed by atoms with Crippen molar-refractivity contribution in [1.82, 2.24) is 5.16 Å². The molecule has 0 radical (unpaired) electrons. The predicted octanol–water partition coefficient (Wildman–Crippen LogP) is 3.84. The van der Waals surface area contributed by atoms with Crippen molar-refractivity contribution in [3.8, 4) is 22.4 Å². The number of hydrogen-bond donors (Lipinski definition) is 1. The van der Waals surface area contributed by atoms with Gasteiger partial charge in [-0.25, -0.2) is 0 Å². The molecule has 3 rings (SSSR count). The first-order valence-corrected chi connectivity index (χ1v) is 5.67. The first-order chi connectivity index (χ1) is 8.75. The van der Waals surface area contributed by atoms with Crippen LogP contribution in [0.4, 0.5) is 5.88 Å². The van der Waals surface area contributed by atoms with Crippen molar-refractivity contribution in [3.05, 3.63) is 47.9 Å². The molecule has 0 amide bonds. The van der Waals surface area contributed by atoms with Gasteiger partial charge in [0.15, 0.2) is 0 Å². The molecular formula is C13H9ClN2O2. The van der Waals surface area contributed by atoms with E-state index in [2.05, 4.69) is 5.16 Å². The van der Waals surface area contributed by atoms with E-state index in [1.165, 1.54) is 0 Å². The van der Waals surface area contributed by atoms with Gasteiger partial charge in [-0.2, -0.15) is 0 Å². The minimum atomic E-state index is 0.272. The van der Waals surface area contributed by atoms with Crippen molar-refractivity contribution in [2.75, 3.05) is 5.73 Å². The molecular weight excluding hydrogens is 252 g/mol. The summed E-state index contributed by atoms with van der Waals surface area (Å²) in [6.07, 6.45) is 3.17. The molecule has 2 aromatic heterocycles. The normalized spacial score (nSPS) is 10.7. The third-order valence-corrected chi connectivity index (χ3v) is 2.90. The van der Waals surface area contributed by atoms with E-state index < -0.39 is 0 Å². The highest BCUT2D eigenvalue weighted by molar-refractivity contribution is 6.30. The maximum absolute atomic E-state index is 5.87. The van der Waals surface area contributed by atoms with Crippen LogP contribution in [0.3, 0.4) is 0 Å². The summed E-state index contributed by atoms with van der Waals surface area (Å²) in [6.45, 7) is 0. The lowest BCUT2D eigenvalue weighted by Gasteiger charge is -2.01. The smallest absolute Gasteiger partial charge is 0.230 e. The third kappa shape index (κ3) is 1.76. The molecule has 1 aromatic carbocycles. The molecule has 0 saturated heterocycles. The van der Waals surface area contributed by atoms with Crippen LogP contribution in [0, 0.1) is 0 Å². The van der Waals surface area contributed by atoms with Crippen LogP contribution in [0.15, 0.2) is 51.8 Å². The molecule has 0 spiro atoms. The monoisotopic (exact) mass is 260 g/mol. The van der Waals surface area contributed by atoms with E-state index in [0.717, 1.165) is 16.7 Å². The lowest BCUT2D eigenvalue weighted by atomic mass is 10.0. The highest BCUT2D eigenvalue weighted by atomic mass is 35.5. The second kappa shape index (κ2) is 4.23. The number of nitrogens with two attached hydrogens (primary N) is 1. The first kappa shape index (κ1) is 10.9. The summed E-state index contributed by atoms with van der Waals surface area (Å²) in [5, 5.41) is 4.63. The number of nitrogens with zero attached hydrogens (tertiary/aromatic N) is 1. The van der Waals surface area contributed by atoms with Crippen molar-refractivity contribution in [2.45, 2.75) is 0 Å². The first-order valence-electron chi connectivity index (χ1n) is 5.29. The van der Waals surface area contributed by atoms with Gasteiger partial charge in [0.2, 0.25) is 5.88 Å². The molecule has 0 unspecified atom stereocenters. The lowest BCUT2D eigenvalue weighted by Crippen LogP contribution is -1.86. The number of halogens is 1. The molecule has 90 valence electrons. The molecule has 5 heteroatoms. The van der Waals surface area contributed by atoms with Gasteiger partial charge in [0.25, 0.3) is 0 Å². The fourth-order valence-corrected chi connectivity index (χ4v) is 1.92. The molecule has 0 atom stereocenters. The molecule has 0 saturated carbocycles. The number of hydrogen-bond acceptors (Lipinski definition) is 4. The minimum absolute atomic E-state index is 0.272. The van der Waals surface area contributed by atoms with Crippen LogP contribution >= 0.6 is 11.6 Å². The molecule has 4 nitrogen and oxygen atoms in total. The lowest BCUT2D eigenvalue weighted by molar-refractivity contribution is 0.439. The SMILES string of the molecule is Nc1onc(-c2ccoc2)c1-c1ccc(Cl)cc1. The zero-order valence-electron chi connectivity index (χ0n) is 9.26. The molecule has 0 aliphatic carbocycles. The highest BCUT2D eigenvalue weighted by Gasteiger charge is 2.17. The van der Waals surface area contributed by atoms with Crippen LogP contribution in [0.1, 0.15) is 0 Å². The largest absolute Gasteiger partial charge is 0.472 e. The van der Waals surface area contributed by atoms with Gasteiger partial charge in [0.1, 0.15) is 5.69 Å². The van der Waals surface area contributed by atoms with E-state index in [-0.39, 0.29) is 5.88 Å². The number of aromatic nitrogens is 1. The average Bonchev–Trinajstić information content (AvgIpc) is 2.99. The standard InChI is InChI=1S/C13H9ClN2O2/c14-10-3-1-8(2-4-10)11-12(16-18-13(11)15)9-5-6-17-7-9/h1-7H,15H2. The number of anilines is 1. The highest BCUT2D eigenvalue weighted by Crippen LogP contribution is 2.36. The summed E-state index contributed by atoms with van der Waals surface area (Å²) < 4.78 is 10.1. The topological polar surface area (TPSA) is 65.2 Å². The second-order valence-electron chi connectivity index (χ2n) is 3.79. The zero-order valence-corrected chi connectivity index (χ0v) is 10.0. The van der Waals surface area contributed by atoms with Crippen molar-refractivity contribution < 1.29 is 8.94 Å². The Balaban J connectivity index is 2.17. The van der Waals surface area contributed by atoms with Crippen molar-refractivity contribution in [2.24, 2.45) is 0 Å². The molecule has 0 aliphatic rings. The maximum atomic E-state index is 5.87. The van der Waals surface area contributed by atoms with Gasteiger partial charge >= 0.3 is 0 Å². The van der Waals surface area contributed by atoms with Gasteiger partial charge in [-0.15, -0.1) is 0 Å². The van der Waals surface area contributed by atoms with Gasteiger partial charge in [0.05, 0.1) is 18.1 Å². The fraction of sp³-hybridized carbons (Fsp3) is 0. The average molecular weight is 261 g/mol. The van der Waals surface area contributed by atoms with Gasteiger partial charge < -0.3 is 14.7 Å². The Morgan fingerprint density at radius 1 is 1.06 bits per heavy atom. The van der Waals surface area contributed by atoms with E-state index in [0.29, 0.717) is 10.7 Å². The number of furan rings is 1. The van der Waals surface area contributed by atoms with E-state index >= 15 is 0 Å². The van der Waals surface area contributed by atoms with Crippen LogP contribution in [0.2, 0.25) is 5.02 Å². The minimum Gasteiger partial charge on any atom is -0.472 e. The Hall–Kier alpha value is -2.20. The summed E-state index contributed by atoms with van der Waals surface area (Å²) in [5.41, 5.74) is 8.94. The van der Waals surface area contributed by atoms with Gasteiger partial charge in [-0.1, -0.05) is 28.9 Å². The van der Waals surface area contributed by atoms with E-state index in [1.54, 1.807) is 30.7 Å². The summed E-state index contributed by atoms with van der Waals surface area (Å²) in [6, 6.07) is 9.13. The van der Waals surface area contributed by atoms with Crippen molar-refractivity contribution in [3.63, 3.8) is 0 Å².